The maximum Gasteiger partial charge on any atom is 0.102 e. The largest absolute Gasteiger partial charge is 0.381 e. The van der Waals surface area contributed by atoms with E-state index in [1.165, 1.54) is 75.5 Å². The Morgan fingerprint density at radius 2 is 1.93 bits per heavy atom. The third kappa shape index (κ3) is 3.73. The summed E-state index contributed by atoms with van der Waals surface area (Å²) in [5.74, 6) is 0.827. The first-order valence-corrected chi connectivity index (χ1v) is 12.4. The van der Waals surface area contributed by atoms with Crippen LogP contribution in [0.3, 0.4) is 0 Å². The fourth-order valence-electron chi connectivity index (χ4n) is 5.18. The van der Waals surface area contributed by atoms with Gasteiger partial charge in [0.1, 0.15) is 6.17 Å². The molecule has 1 aromatic carbocycles. The Labute approximate surface area is 186 Å². The summed E-state index contributed by atoms with van der Waals surface area (Å²) in [6.07, 6.45) is 9.05. The lowest BCUT2D eigenvalue weighted by molar-refractivity contribution is 0.0590. The second-order valence-corrected chi connectivity index (χ2v) is 10.1. The minimum Gasteiger partial charge on any atom is -0.381 e. The molecule has 1 fully saturated rings. The van der Waals surface area contributed by atoms with Crippen molar-refractivity contribution < 1.29 is 4.74 Å². The molecule has 3 nitrogen and oxygen atoms in total. The second-order valence-electron chi connectivity index (χ2n) is 8.49. The molecule has 1 aromatic rings. The predicted octanol–water partition coefficient (Wildman–Crippen LogP) is 6.15. The highest BCUT2D eigenvalue weighted by Gasteiger charge is 2.35. The van der Waals surface area contributed by atoms with E-state index >= 15 is 0 Å². The van der Waals surface area contributed by atoms with Crippen molar-refractivity contribution in [3.05, 3.63) is 31.7 Å². The molecular weight excluding hydrogens is 480 g/mol. The van der Waals surface area contributed by atoms with Gasteiger partial charge in [0.2, 0.25) is 0 Å². The van der Waals surface area contributed by atoms with E-state index in [-0.39, 0.29) is 0 Å². The van der Waals surface area contributed by atoms with Crippen LogP contribution in [0, 0.1) is 12.8 Å². The minimum absolute atomic E-state index is 0.379. The molecule has 28 heavy (non-hydrogen) atoms. The molecule has 0 saturated carbocycles. The summed E-state index contributed by atoms with van der Waals surface area (Å²) in [5.41, 5.74) is 7.21. The average molecular weight is 512 g/mol. The van der Waals surface area contributed by atoms with E-state index in [9.17, 15) is 0 Å². The fourth-order valence-corrected chi connectivity index (χ4v) is 6.42. The zero-order chi connectivity index (χ0) is 19.8. The van der Waals surface area contributed by atoms with Gasteiger partial charge in [-0.2, -0.15) is 0 Å². The van der Waals surface area contributed by atoms with Crippen LogP contribution in [0.1, 0.15) is 56.2 Å². The van der Waals surface area contributed by atoms with Crippen molar-refractivity contribution in [1.82, 2.24) is 4.90 Å². The summed E-state index contributed by atoms with van der Waals surface area (Å²) >= 11 is 7.72. The molecule has 1 unspecified atom stereocenters. The van der Waals surface area contributed by atoms with E-state index < -0.39 is 0 Å². The molecule has 0 radical (unpaired) electrons. The number of ether oxygens (including phenoxy) is 1. The van der Waals surface area contributed by atoms with Gasteiger partial charge in [0, 0.05) is 40.8 Å². The van der Waals surface area contributed by atoms with Crippen LogP contribution in [0.25, 0.3) is 5.57 Å². The molecule has 4 rings (SSSR count). The summed E-state index contributed by atoms with van der Waals surface area (Å²) in [7, 11) is 0. The Kier molecular flexibility index (Phi) is 6.56. The minimum atomic E-state index is 0.379. The average Bonchev–Trinajstić information content (AvgIpc) is 2.72. The maximum absolute atomic E-state index is 5.55. The van der Waals surface area contributed by atoms with Crippen LogP contribution in [0.5, 0.6) is 0 Å². The number of allylic oxidation sites excluding steroid dienone is 1. The summed E-state index contributed by atoms with van der Waals surface area (Å²) in [6.45, 7) is 12.2. The van der Waals surface area contributed by atoms with Gasteiger partial charge in [-0.15, -0.1) is 0 Å². The molecule has 5 heteroatoms. The Morgan fingerprint density at radius 3 is 2.64 bits per heavy atom. The van der Waals surface area contributed by atoms with Gasteiger partial charge in [0.25, 0.3) is 0 Å². The lowest BCUT2D eigenvalue weighted by Crippen LogP contribution is -2.51. The number of hydrogen-bond donors (Lipinski definition) is 0. The Morgan fingerprint density at radius 1 is 1.18 bits per heavy atom. The first-order chi connectivity index (χ1) is 13.5. The molecule has 0 bridgehead atoms. The van der Waals surface area contributed by atoms with Gasteiger partial charge in [-0.25, -0.2) is 0 Å². The highest BCUT2D eigenvalue weighted by atomic mass is 79.9. The van der Waals surface area contributed by atoms with Crippen LogP contribution in [0.15, 0.2) is 15.0 Å². The van der Waals surface area contributed by atoms with Crippen molar-refractivity contribution in [2.75, 3.05) is 37.7 Å². The van der Waals surface area contributed by atoms with Crippen molar-refractivity contribution in [2.45, 2.75) is 59.0 Å². The van der Waals surface area contributed by atoms with Gasteiger partial charge < -0.3 is 9.64 Å². The van der Waals surface area contributed by atoms with Crippen molar-refractivity contribution in [1.29, 1.82) is 0 Å². The normalized spacial score (nSPS) is 22.4. The topological polar surface area (TPSA) is 15.7 Å². The van der Waals surface area contributed by atoms with E-state index in [1.807, 2.05) is 0 Å². The molecule has 0 N–H and O–H groups in total. The number of hydrogen-bond acceptors (Lipinski definition) is 3. The highest BCUT2D eigenvalue weighted by molar-refractivity contribution is 9.13. The van der Waals surface area contributed by atoms with E-state index in [1.54, 1.807) is 0 Å². The first-order valence-electron chi connectivity index (χ1n) is 10.8. The number of anilines is 1. The highest BCUT2D eigenvalue weighted by Crippen LogP contribution is 2.49. The van der Waals surface area contributed by atoms with Gasteiger partial charge in [-0.1, -0.05) is 6.92 Å². The Hall–Kier alpha value is -0.360. The van der Waals surface area contributed by atoms with Crippen molar-refractivity contribution in [2.24, 2.45) is 5.92 Å². The van der Waals surface area contributed by atoms with Crippen LogP contribution >= 0.6 is 31.9 Å². The number of likely N-dealkylation sites (N-methyl/N-ethyl adjacent to an activating group) is 1. The predicted molar refractivity (Wildman–Crippen MR) is 125 cm³/mol. The molecule has 3 aliphatic rings. The molecule has 0 aliphatic carbocycles. The molecule has 154 valence electrons. The van der Waals surface area contributed by atoms with Crippen molar-refractivity contribution in [3.63, 3.8) is 0 Å². The Bertz CT molecular complexity index is 771. The molecule has 0 aromatic heterocycles. The first kappa shape index (κ1) is 20.9. The molecule has 3 heterocycles. The second kappa shape index (κ2) is 8.79. The van der Waals surface area contributed by atoms with Gasteiger partial charge in [0.05, 0.1) is 5.69 Å². The quantitative estimate of drug-likeness (QED) is 0.471. The number of rotatable bonds is 5. The zero-order valence-electron chi connectivity index (χ0n) is 17.4. The van der Waals surface area contributed by atoms with Crippen LogP contribution in [0.2, 0.25) is 0 Å². The third-order valence-corrected chi connectivity index (χ3v) is 9.20. The summed E-state index contributed by atoms with van der Waals surface area (Å²) in [4.78, 5) is 5.36. The molecule has 0 amide bonds. The van der Waals surface area contributed by atoms with Crippen molar-refractivity contribution in [3.8, 4) is 0 Å². The number of nitrogens with zero attached hydrogens (tertiary/aromatic N) is 2. The van der Waals surface area contributed by atoms with Crippen LogP contribution < -0.4 is 4.90 Å². The number of halogens is 2. The molecule has 3 aliphatic heterocycles. The standard InChI is InChI=1S/C23H32Br2N2O/c1-4-26(11-7-17-8-12-28-13-9-17)19-14-15(2)20-22(25)21(24)16(3)18-6-5-10-27(19)23(18)20/h14,17,19H,4-13H2,1-3H3. The summed E-state index contributed by atoms with van der Waals surface area (Å²) < 4.78 is 7.99. The SMILES string of the molecule is CCN(CCC1CCOCC1)C1C=C(C)c2c(Br)c(Br)c(C)c3c2N1CCC3. The lowest BCUT2D eigenvalue weighted by Gasteiger charge is -2.47. The van der Waals surface area contributed by atoms with E-state index in [2.05, 4.69) is 68.5 Å². The van der Waals surface area contributed by atoms with Crippen LogP contribution in [-0.2, 0) is 11.2 Å². The van der Waals surface area contributed by atoms with Gasteiger partial charge >= 0.3 is 0 Å². The monoisotopic (exact) mass is 510 g/mol. The fraction of sp³-hybridized carbons (Fsp3) is 0.652. The molecular formula is C23H32Br2N2O. The smallest absolute Gasteiger partial charge is 0.102 e. The molecule has 1 atom stereocenters. The van der Waals surface area contributed by atoms with Gasteiger partial charge in [-0.3, -0.25) is 4.90 Å². The maximum atomic E-state index is 5.55. The van der Waals surface area contributed by atoms with E-state index in [4.69, 9.17) is 4.74 Å². The molecule has 0 spiro atoms. The molecule has 1 saturated heterocycles. The zero-order valence-corrected chi connectivity index (χ0v) is 20.5. The van der Waals surface area contributed by atoms with Crippen LogP contribution in [0.4, 0.5) is 5.69 Å². The van der Waals surface area contributed by atoms with Gasteiger partial charge in [-0.05, 0) is 113 Å². The summed E-state index contributed by atoms with van der Waals surface area (Å²) in [5, 5.41) is 0. The van der Waals surface area contributed by atoms with Gasteiger partial charge in [0.15, 0.2) is 0 Å². The lowest BCUT2D eigenvalue weighted by atomic mass is 9.87. The van der Waals surface area contributed by atoms with Crippen molar-refractivity contribution >= 4 is 43.1 Å². The van der Waals surface area contributed by atoms with E-state index in [0.717, 1.165) is 32.2 Å². The van der Waals surface area contributed by atoms with Crippen LogP contribution in [-0.4, -0.2) is 43.9 Å². The number of benzene rings is 1. The van der Waals surface area contributed by atoms with E-state index in [0.29, 0.717) is 6.17 Å². The Balaban J connectivity index is 1.64. The summed E-state index contributed by atoms with van der Waals surface area (Å²) in [6, 6.07) is 0. The third-order valence-electron chi connectivity index (χ3n) is 6.89.